The minimum absolute atomic E-state index is 0.0119. The summed E-state index contributed by atoms with van der Waals surface area (Å²) >= 11 is 1.70. The summed E-state index contributed by atoms with van der Waals surface area (Å²) < 4.78 is 10.8. The van der Waals surface area contributed by atoms with Crippen molar-refractivity contribution in [2.75, 3.05) is 26.1 Å². The highest BCUT2D eigenvalue weighted by atomic mass is 32.1. The summed E-state index contributed by atoms with van der Waals surface area (Å²) in [6.07, 6.45) is 0.595. The highest BCUT2D eigenvalue weighted by molar-refractivity contribution is 7.16. The second kappa shape index (κ2) is 7.05. The third-order valence-corrected chi connectivity index (χ3v) is 6.49. The first-order chi connectivity index (χ1) is 13.0. The van der Waals surface area contributed by atoms with Gasteiger partial charge in [0.25, 0.3) is 5.91 Å². The van der Waals surface area contributed by atoms with E-state index in [-0.39, 0.29) is 12.1 Å². The van der Waals surface area contributed by atoms with Crippen molar-refractivity contribution in [2.45, 2.75) is 39.0 Å². The number of hydrogen-bond acceptors (Lipinski definition) is 6. The predicted octanol–water partition coefficient (Wildman–Crippen LogP) is 3.39. The topological polar surface area (TPSA) is 62.8 Å². The number of thiophene rings is 1. The van der Waals surface area contributed by atoms with Gasteiger partial charge in [0.2, 0.25) is 0 Å². The number of methoxy groups -OCH3 is 2. The van der Waals surface area contributed by atoms with Crippen LogP contribution in [-0.4, -0.2) is 37.6 Å². The van der Waals surface area contributed by atoms with Gasteiger partial charge in [0.05, 0.1) is 19.8 Å². The standard InChI is InChI=1S/C20H25N3O3S/c1-11(2)23-8-7-14-16(10-23)27-20-17(14)19(24)21-18(22-20)13-6-5-12(25-3)9-15(13)26-4/h5-6,9,11,18,22H,7-8,10H2,1-4H3,(H,21,24)/t18-/m0/s1. The molecule has 2 aliphatic rings. The summed E-state index contributed by atoms with van der Waals surface area (Å²) in [6, 6.07) is 6.14. The van der Waals surface area contributed by atoms with E-state index in [4.69, 9.17) is 9.47 Å². The van der Waals surface area contributed by atoms with Crippen molar-refractivity contribution in [2.24, 2.45) is 0 Å². The van der Waals surface area contributed by atoms with E-state index < -0.39 is 0 Å². The van der Waals surface area contributed by atoms with Gasteiger partial charge in [0, 0.05) is 35.6 Å². The molecule has 0 saturated heterocycles. The molecule has 1 amide bonds. The third-order valence-electron chi connectivity index (χ3n) is 5.35. The first-order valence-corrected chi connectivity index (χ1v) is 10.0. The van der Waals surface area contributed by atoms with Gasteiger partial charge in [-0.2, -0.15) is 0 Å². The molecule has 0 radical (unpaired) electrons. The Balaban J connectivity index is 1.66. The summed E-state index contributed by atoms with van der Waals surface area (Å²) in [6.45, 7) is 6.35. The zero-order chi connectivity index (χ0) is 19.1. The van der Waals surface area contributed by atoms with Crippen LogP contribution in [-0.2, 0) is 13.0 Å². The molecule has 3 heterocycles. The molecule has 0 fully saturated rings. The predicted molar refractivity (Wildman–Crippen MR) is 107 cm³/mol. The lowest BCUT2D eigenvalue weighted by molar-refractivity contribution is 0.0934. The molecule has 0 spiro atoms. The number of carbonyl (C=O) groups is 1. The fraction of sp³-hybridized carbons (Fsp3) is 0.450. The van der Waals surface area contributed by atoms with Gasteiger partial charge in [-0.15, -0.1) is 11.3 Å². The second-order valence-electron chi connectivity index (χ2n) is 7.18. The maximum absolute atomic E-state index is 12.9. The summed E-state index contributed by atoms with van der Waals surface area (Å²) in [5, 5.41) is 7.55. The Morgan fingerprint density at radius 3 is 2.74 bits per heavy atom. The van der Waals surface area contributed by atoms with Crippen LogP contribution < -0.4 is 20.1 Å². The maximum atomic E-state index is 12.9. The molecular formula is C20H25N3O3S. The Kier molecular flexibility index (Phi) is 4.74. The van der Waals surface area contributed by atoms with Gasteiger partial charge >= 0.3 is 0 Å². The largest absolute Gasteiger partial charge is 0.497 e. The molecule has 0 unspecified atom stereocenters. The second-order valence-corrected chi connectivity index (χ2v) is 8.29. The Hall–Kier alpha value is -2.25. The number of fused-ring (bicyclic) bond motifs is 3. The number of benzene rings is 1. The number of nitrogens with one attached hydrogen (secondary N) is 2. The van der Waals surface area contributed by atoms with Crippen molar-refractivity contribution in [1.29, 1.82) is 0 Å². The van der Waals surface area contributed by atoms with Crippen molar-refractivity contribution < 1.29 is 14.3 Å². The first-order valence-electron chi connectivity index (χ1n) is 9.19. The monoisotopic (exact) mass is 387 g/mol. The van der Waals surface area contributed by atoms with Crippen LogP contribution in [0.25, 0.3) is 0 Å². The van der Waals surface area contributed by atoms with E-state index >= 15 is 0 Å². The van der Waals surface area contributed by atoms with Crippen LogP contribution in [0.3, 0.4) is 0 Å². The average molecular weight is 388 g/mol. The van der Waals surface area contributed by atoms with Crippen molar-refractivity contribution in [3.63, 3.8) is 0 Å². The molecule has 144 valence electrons. The molecule has 7 heteroatoms. The smallest absolute Gasteiger partial charge is 0.256 e. The molecule has 2 aromatic rings. The molecule has 1 aromatic carbocycles. The SMILES string of the molecule is COc1ccc([C@H]2NC(=O)c3c(sc4c3CCN(C(C)C)C4)N2)c(OC)c1. The average Bonchev–Trinajstić information content (AvgIpc) is 3.05. The third kappa shape index (κ3) is 3.15. The Bertz CT molecular complexity index is 878. The van der Waals surface area contributed by atoms with E-state index in [0.29, 0.717) is 11.8 Å². The van der Waals surface area contributed by atoms with Crippen molar-refractivity contribution >= 4 is 22.2 Å². The zero-order valence-corrected chi connectivity index (χ0v) is 16.9. The van der Waals surface area contributed by atoms with Crippen LogP contribution in [0, 0.1) is 0 Å². The molecular weight excluding hydrogens is 362 g/mol. The van der Waals surface area contributed by atoms with Crippen LogP contribution in [0.4, 0.5) is 5.00 Å². The van der Waals surface area contributed by atoms with Gasteiger partial charge in [-0.3, -0.25) is 9.69 Å². The first kappa shape index (κ1) is 18.1. The highest BCUT2D eigenvalue weighted by Gasteiger charge is 2.34. The fourth-order valence-corrected chi connectivity index (χ4v) is 5.09. The Morgan fingerprint density at radius 2 is 2.04 bits per heavy atom. The maximum Gasteiger partial charge on any atom is 0.256 e. The quantitative estimate of drug-likeness (QED) is 0.842. The van der Waals surface area contributed by atoms with Gasteiger partial charge in [-0.25, -0.2) is 0 Å². The molecule has 1 atom stereocenters. The van der Waals surface area contributed by atoms with Gasteiger partial charge < -0.3 is 20.1 Å². The lowest BCUT2D eigenvalue weighted by Gasteiger charge is -2.31. The minimum Gasteiger partial charge on any atom is -0.497 e. The number of hydrogen-bond donors (Lipinski definition) is 2. The van der Waals surface area contributed by atoms with Crippen molar-refractivity contribution in [3.8, 4) is 11.5 Å². The fourth-order valence-electron chi connectivity index (χ4n) is 3.79. The van der Waals surface area contributed by atoms with Crippen LogP contribution in [0.1, 0.15) is 46.4 Å². The molecule has 0 aliphatic carbocycles. The minimum atomic E-state index is -0.327. The van der Waals surface area contributed by atoms with Crippen molar-refractivity contribution in [3.05, 3.63) is 39.8 Å². The summed E-state index contributed by atoms with van der Waals surface area (Å²) in [5.41, 5.74) is 2.91. The van der Waals surface area contributed by atoms with Gasteiger partial charge in [-0.1, -0.05) is 0 Å². The number of anilines is 1. The van der Waals surface area contributed by atoms with Crippen LogP contribution >= 0.6 is 11.3 Å². The van der Waals surface area contributed by atoms with E-state index in [1.165, 1.54) is 10.4 Å². The van der Waals surface area contributed by atoms with Gasteiger partial charge in [0.1, 0.15) is 22.7 Å². The van der Waals surface area contributed by atoms with Crippen LogP contribution in [0.5, 0.6) is 11.5 Å². The lowest BCUT2D eigenvalue weighted by atomic mass is 9.99. The molecule has 0 bridgehead atoms. The zero-order valence-electron chi connectivity index (χ0n) is 16.1. The summed E-state index contributed by atoms with van der Waals surface area (Å²) in [4.78, 5) is 16.7. The lowest BCUT2D eigenvalue weighted by Crippen LogP contribution is -2.39. The highest BCUT2D eigenvalue weighted by Crippen LogP contribution is 2.42. The Morgan fingerprint density at radius 1 is 1.22 bits per heavy atom. The number of ether oxygens (including phenoxy) is 2. The van der Waals surface area contributed by atoms with Crippen LogP contribution in [0.2, 0.25) is 0 Å². The molecule has 2 aliphatic heterocycles. The van der Waals surface area contributed by atoms with E-state index in [2.05, 4.69) is 29.4 Å². The number of carbonyl (C=O) groups excluding carboxylic acids is 1. The van der Waals surface area contributed by atoms with Crippen LogP contribution in [0.15, 0.2) is 18.2 Å². The number of amides is 1. The van der Waals surface area contributed by atoms with Gasteiger partial charge in [0.15, 0.2) is 0 Å². The van der Waals surface area contributed by atoms with E-state index in [0.717, 1.165) is 41.4 Å². The molecule has 4 rings (SSSR count). The summed E-state index contributed by atoms with van der Waals surface area (Å²) in [7, 11) is 3.25. The molecule has 0 saturated carbocycles. The van der Waals surface area contributed by atoms with E-state index in [1.807, 2.05) is 18.2 Å². The van der Waals surface area contributed by atoms with Crippen molar-refractivity contribution in [1.82, 2.24) is 10.2 Å². The van der Waals surface area contributed by atoms with E-state index in [1.54, 1.807) is 25.6 Å². The summed E-state index contributed by atoms with van der Waals surface area (Å²) in [5.74, 6) is 1.39. The molecule has 6 nitrogen and oxygen atoms in total. The molecule has 27 heavy (non-hydrogen) atoms. The number of rotatable bonds is 4. The number of nitrogens with zero attached hydrogens (tertiary/aromatic N) is 1. The molecule has 2 N–H and O–H groups in total. The van der Waals surface area contributed by atoms with Gasteiger partial charge in [-0.05, 0) is 38.0 Å². The Labute approximate surface area is 163 Å². The van der Waals surface area contributed by atoms with E-state index in [9.17, 15) is 4.79 Å². The normalized spacial score (nSPS) is 19.1. The molecule has 1 aromatic heterocycles.